The molecule has 0 aliphatic heterocycles. The monoisotopic (exact) mass is 252 g/mol. The predicted octanol–water partition coefficient (Wildman–Crippen LogP) is 1.99. The van der Waals surface area contributed by atoms with Crippen LogP contribution >= 0.6 is 0 Å². The SMILES string of the molecule is COc1ccc(C)cc1Cn1cnc(C#N)c1C#N. The molecule has 0 saturated carbocycles. The van der Waals surface area contributed by atoms with Crippen LogP contribution in [0.2, 0.25) is 0 Å². The summed E-state index contributed by atoms with van der Waals surface area (Å²) in [6.07, 6.45) is 1.50. The largest absolute Gasteiger partial charge is 0.496 e. The molecule has 0 atom stereocenters. The van der Waals surface area contributed by atoms with Crippen LogP contribution in [0.1, 0.15) is 22.5 Å². The fourth-order valence-electron chi connectivity index (χ4n) is 1.92. The van der Waals surface area contributed by atoms with Gasteiger partial charge in [0.1, 0.15) is 17.9 Å². The Kier molecular flexibility index (Phi) is 3.49. The van der Waals surface area contributed by atoms with Crippen LogP contribution in [-0.4, -0.2) is 16.7 Å². The van der Waals surface area contributed by atoms with Crippen LogP contribution in [0.5, 0.6) is 5.75 Å². The first-order valence-electron chi connectivity index (χ1n) is 5.68. The fourth-order valence-corrected chi connectivity index (χ4v) is 1.92. The third-order valence-corrected chi connectivity index (χ3v) is 2.83. The molecule has 1 aromatic carbocycles. The molecule has 0 spiro atoms. The van der Waals surface area contributed by atoms with Crippen molar-refractivity contribution in [3.8, 4) is 17.9 Å². The third-order valence-electron chi connectivity index (χ3n) is 2.83. The molecule has 0 aliphatic rings. The van der Waals surface area contributed by atoms with Gasteiger partial charge in [0.15, 0.2) is 11.4 Å². The number of benzene rings is 1. The van der Waals surface area contributed by atoms with Gasteiger partial charge >= 0.3 is 0 Å². The maximum Gasteiger partial charge on any atom is 0.176 e. The first-order valence-corrected chi connectivity index (χ1v) is 5.68. The zero-order valence-electron chi connectivity index (χ0n) is 10.7. The lowest BCUT2D eigenvalue weighted by Gasteiger charge is -2.10. The Labute approximate surface area is 111 Å². The zero-order chi connectivity index (χ0) is 13.8. The second-order valence-electron chi connectivity index (χ2n) is 4.11. The van der Waals surface area contributed by atoms with Crippen LogP contribution in [0.15, 0.2) is 24.5 Å². The van der Waals surface area contributed by atoms with E-state index in [4.69, 9.17) is 15.3 Å². The van der Waals surface area contributed by atoms with Crippen LogP contribution in [0.4, 0.5) is 0 Å². The third kappa shape index (κ3) is 2.41. The molecule has 0 aliphatic carbocycles. The zero-order valence-corrected chi connectivity index (χ0v) is 10.7. The van der Waals surface area contributed by atoms with E-state index < -0.39 is 0 Å². The Balaban J connectivity index is 2.42. The van der Waals surface area contributed by atoms with Crippen molar-refractivity contribution in [2.75, 3.05) is 7.11 Å². The number of hydrogen-bond acceptors (Lipinski definition) is 4. The van der Waals surface area contributed by atoms with Gasteiger partial charge in [0.25, 0.3) is 0 Å². The van der Waals surface area contributed by atoms with Crippen molar-refractivity contribution in [3.05, 3.63) is 47.0 Å². The van der Waals surface area contributed by atoms with Crippen LogP contribution in [0.3, 0.4) is 0 Å². The van der Waals surface area contributed by atoms with Crippen LogP contribution in [-0.2, 0) is 6.54 Å². The second-order valence-corrected chi connectivity index (χ2v) is 4.11. The summed E-state index contributed by atoms with van der Waals surface area (Å²) in [7, 11) is 1.61. The predicted molar refractivity (Wildman–Crippen MR) is 68.5 cm³/mol. The quantitative estimate of drug-likeness (QED) is 0.837. The van der Waals surface area contributed by atoms with Gasteiger partial charge in [0.05, 0.1) is 20.0 Å². The summed E-state index contributed by atoms with van der Waals surface area (Å²) in [4.78, 5) is 3.92. The van der Waals surface area contributed by atoms with Crippen molar-refractivity contribution in [1.82, 2.24) is 9.55 Å². The number of imidazole rings is 1. The molecule has 1 aromatic heterocycles. The van der Waals surface area contributed by atoms with Crippen molar-refractivity contribution in [1.29, 1.82) is 10.5 Å². The van der Waals surface area contributed by atoms with Gasteiger partial charge in [-0.05, 0) is 13.0 Å². The molecular weight excluding hydrogens is 240 g/mol. The number of nitriles is 2. The van der Waals surface area contributed by atoms with Gasteiger partial charge in [-0.25, -0.2) is 4.98 Å². The second kappa shape index (κ2) is 5.24. The van der Waals surface area contributed by atoms with E-state index in [1.165, 1.54) is 6.33 Å². The summed E-state index contributed by atoms with van der Waals surface area (Å²) >= 11 is 0. The Morgan fingerprint density at radius 1 is 1.32 bits per heavy atom. The number of aromatic nitrogens is 2. The standard InChI is InChI=1S/C14H12N4O/c1-10-3-4-14(19-2)11(5-10)8-18-9-17-12(6-15)13(18)7-16/h3-5,9H,8H2,1-2H3. The van der Waals surface area contributed by atoms with Gasteiger partial charge in [0.2, 0.25) is 0 Å². The number of ether oxygens (including phenoxy) is 1. The summed E-state index contributed by atoms with van der Waals surface area (Å²) < 4.78 is 6.95. The Morgan fingerprint density at radius 2 is 2.11 bits per heavy atom. The van der Waals surface area contributed by atoms with E-state index in [1.807, 2.05) is 37.3 Å². The topological polar surface area (TPSA) is 74.6 Å². The average Bonchev–Trinajstić information content (AvgIpc) is 2.81. The van der Waals surface area contributed by atoms with Gasteiger partial charge in [-0.2, -0.15) is 10.5 Å². The highest BCUT2D eigenvalue weighted by Crippen LogP contribution is 2.21. The molecule has 0 amide bonds. The first kappa shape index (κ1) is 12.7. The van der Waals surface area contributed by atoms with Crippen LogP contribution in [0.25, 0.3) is 0 Å². The van der Waals surface area contributed by atoms with E-state index in [2.05, 4.69) is 4.98 Å². The minimum Gasteiger partial charge on any atom is -0.496 e. The Bertz CT molecular complexity index is 688. The molecule has 5 nitrogen and oxygen atoms in total. The minimum absolute atomic E-state index is 0.147. The average molecular weight is 252 g/mol. The van der Waals surface area contributed by atoms with Gasteiger partial charge in [0, 0.05) is 5.56 Å². The number of hydrogen-bond donors (Lipinski definition) is 0. The summed E-state index contributed by atoms with van der Waals surface area (Å²) in [5, 5.41) is 18.0. The molecule has 19 heavy (non-hydrogen) atoms. The van der Waals surface area contributed by atoms with Crippen molar-refractivity contribution in [2.24, 2.45) is 0 Å². The summed E-state index contributed by atoms with van der Waals surface area (Å²) in [5.74, 6) is 0.752. The smallest absolute Gasteiger partial charge is 0.176 e. The van der Waals surface area contributed by atoms with Crippen molar-refractivity contribution in [3.63, 3.8) is 0 Å². The number of methoxy groups -OCH3 is 1. The van der Waals surface area contributed by atoms with Gasteiger partial charge < -0.3 is 9.30 Å². The van der Waals surface area contributed by atoms with E-state index in [-0.39, 0.29) is 11.4 Å². The van der Waals surface area contributed by atoms with Crippen LogP contribution < -0.4 is 4.74 Å². The lowest BCUT2D eigenvalue weighted by Crippen LogP contribution is -2.03. The molecule has 0 radical (unpaired) electrons. The highest BCUT2D eigenvalue weighted by molar-refractivity contribution is 5.40. The minimum atomic E-state index is 0.147. The molecule has 0 bridgehead atoms. The Morgan fingerprint density at radius 3 is 2.74 bits per heavy atom. The molecule has 0 unspecified atom stereocenters. The van der Waals surface area contributed by atoms with Crippen molar-refractivity contribution in [2.45, 2.75) is 13.5 Å². The van der Waals surface area contributed by atoms with Gasteiger partial charge in [-0.1, -0.05) is 17.7 Å². The molecular formula is C14H12N4O. The van der Waals surface area contributed by atoms with Gasteiger partial charge in [-0.15, -0.1) is 0 Å². The van der Waals surface area contributed by atoms with E-state index >= 15 is 0 Å². The molecule has 0 N–H and O–H groups in total. The molecule has 0 saturated heterocycles. The molecule has 2 aromatic rings. The summed E-state index contributed by atoms with van der Waals surface area (Å²) in [5.41, 5.74) is 2.47. The van der Waals surface area contributed by atoms with Crippen molar-refractivity contribution >= 4 is 0 Å². The van der Waals surface area contributed by atoms with Gasteiger partial charge in [-0.3, -0.25) is 0 Å². The molecule has 0 fully saturated rings. The highest BCUT2D eigenvalue weighted by atomic mass is 16.5. The van der Waals surface area contributed by atoms with Crippen molar-refractivity contribution < 1.29 is 4.74 Å². The lowest BCUT2D eigenvalue weighted by atomic mass is 10.1. The summed E-state index contributed by atoms with van der Waals surface area (Å²) in [6.45, 7) is 2.44. The first-order chi connectivity index (χ1) is 9.19. The van der Waals surface area contributed by atoms with E-state index in [0.717, 1.165) is 16.9 Å². The maximum atomic E-state index is 9.09. The Hall–Kier alpha value is -2.79. The van der Waals surface area contributed by atoms with E-state index in [9.17, 15) is 0 Å². The van der Waals surface area contributed by atoms with E-state index in [0.29, 0.717) is 6.54 Å². The fraction of sp³-hybridized carbons (Fsp3) is 0.214. The molecule has 5 heteroatoms. The number of aryl methyl sites for hydroxylation is 1. The molecule has 2 rings (SSSR count). The lowest BCUT2D eigenvalue weighted by molar-refractivity contribution is 0.408. The summed E-state index contributed by atoms with van der Waals surface area (Å²) in [6, 6.07) is 9.75. The molecule has 1 heterocycles. The highest BCUT2D eigenvalue weighted by Gasteiger charge is 2.12. The number of nitrogens with zero attached hydrogens (tertiary/aromatic N) is 4. The normalized spacial score (nSPS) is 9.68. The molecule has 94 valence electrons. The van der Waals surface area contributed by atoms with Crippen LogP contribution in [0, 0.1) is 29.6 Å². The number of rotatable bonds is 3. The maximum absolute atomic E-state index is 9.09. The van der Waals surface area contributed by atoms with E-state index in [1.54, 1.807) is 11.7 Å².